The van der Waals surface area contributed by atoms with Gasteiger partial charge in [0.15, 0.2) is 0 Å². The van der Waals surface area contributed by atoms with Gasteiger partial charge >= 0.3 is 0 Å². The van der Waals surface area contributed by atoms with E-state index in [0.29, 0.717) is 19.7 Å². The summed E-state index contributed by atoms with van der Waals surface area (Å²) >= 11 is 0. The van der Waals surface area contributed by atoms with Crippen LogP contribution in [-0.2, 0) is 19.6 Å². The predicted molar refractivity (Wildman–Crippen MR) is 73.9 cm³/mol. The minimum absolute atomic E-state index is 0.0274. The lowest BCUT2D eigenvalue weighted by Gasteiger charge is -2.23. The summed E-state index contributed by atoms with van der Waals surface area (Å²) in [4.78, 5) is 12.1. The van der Waals surface area contributed by atoms with Gasteiger partial charge in [0.05, 0.1) is 12.3 Å². The van der Waals surface area contributed by atoms with Gasteiger partial charge in [-0.3, -0.25) is 4.79 Å². The number of nitrogens with one attached hydrogen (secondary N) is 3. The van der Waals surface area contributed by atoms with Crippen molar-refractivity contribution in [2.75, 3.05) is 32.1 Å². The molecule has 110 valence electrons. The van der Waals surface area contributed by atoms with Crippen LogP contribution in [0, 0.1) is 0 Å². The van der Waals surface area contributed by atoms with Gasteiger partial charge < -0.3 is 15.4 Å². The van der Waals surface area contributed by atoms with Crippen LogP contribution in [0.3, 0.4) is 0 Å². The third-order valence-corrected chi connectivity index (χ3v) is 4.40. The summed E-state index contributed by atoms with van der Waals surface area (Å²) in [5, 5.41) is 5.64. The highest BCUT2D eigenvalue weighted by atomic mass is 32.2. The number of morpholine rings is 1. The largest absolute Gasteiger partial charge is 0.366 e. The number of benzene rings is 1. The maximum absolute atomic E-state index is 12.0. The number of hydrogen-bond acceptors (Lipinski definition) is 5. The van der Waals surface area contributed by atoms with Crippen molar-refractivity contribution < 1.29 is 17.9 Å². The minimum Gasteiger partial charge on any atom is -0.366 e. The summed E-state index contributed by atoms with van der Waals surface area (Å²) in [6.45, 7) is 1.57. The average Bonchev–Trinajstić information content (AvgIpc) is 2.48. The second-order valence-corrected chi connectivity index (χ2v) is 6.11. The Hall–Kier alpha value is -1.48. The van der Waals surface area contributed by atoms with E-state index in [1.54, 1.807) is 18.2 Å². The van der Waals surface area contributed by atoms with Crippen LogP contribution in [-0.4, -0.2) is 47.2 Å². The molecule has 1 aliphatic rings. The fourth-order valence-electron chi connectivity index (χ4n) is 1.86. The fourth-order valence-corrected chi connectivity index (χ4v) is 2.75. The third-order valence-electron chi connectivity index (χ3n) is 2.92. The lowest BCUT2D eigenvalue weighted by molar-refractivity contribution is -0.128. The van der Waals surface area contributed by atoms with Crippen LogP contribution in [0.25, 0.3) is 0 Å². The first-order valence-corrected chi connectivity index (χ1v) is 7.68. The molecule has 1 saturated heterocycles. The van der Waals surface area contributed by atoms with Gasteiger partial charge in [-0.05, 0) is 19.2 Å². The van der Waals surface area contributed by atoms with Gasteiger partial charge in [0, 0.05) is 13.1 Å². The summed E-state index contributed by atoms with van der Waals surface area (Å²) in [7, 11) is -2.30. The standard InChI is InChI=1S/C12H17N3O4S/c1-13-20(17,18)11-5-3-2-4-9(11)15-12(16)10-8-14-6-7-19-10/h2-5,10,13-14H,6-8H2,1H3,(H,15,16). The zero-order valence-electron chi connectivity index (χ0n) is 11.0. The monoisotopic (exact) mass is 299 g/mol. The maximum Gasteiger partial charge on any atom is 0.254 e. The highest BCUT2D eigenvalue weighted by Gasteiger charge is 2.24. The van der Waals surface area contributed by atoms with Crippen LogP contribution in [0.2, 0.25) is 0 Å². The number of amides is 1. The van der Waals surface area contributed by atoms with Gasteiger partial charge in [-0.2, -0.15) is 0 Å². The zero-order valence-corrected chi connectivity index (χ0v) is 11.9. The van der Waals surface area contributed by atoms with E-state index in [9.17, 15) is 13.2 Å². The van der Waals surface area contributed by atoms with Crippen LogP contribution in [0.15, 0.2) is 29.2 Å². The first-order valence-electron chi connectivity index (χ1n) is 6.20. The number of rotatable bonds is 4. The Morgan fingerprint density at radius 3 is 2.80 bits per heavy atom. The highest BCUT2D eigenvalue weighted by Crippen LogP contribution is 2.20. The molecule has 0 spiro atoms. The number of ether oxygens (including phenoxy) is 1. The van der Waals surface area contributed by atoms with Gasteiger partial charge in [-0.1, -0.05) is 12.1 Å². The highest BCUT2D eigenvalue weighted by molar-refractivity contribution is 7.89. The van der Waals surface area contributed by atoms with Gasteiger partial charge in [-0.25, -0.2) is 13.1 Å². The summed E-state index contributed by atoms with van der Waals surface area (Å²) in [5.41, 5.74) is 0.237. The summed E-state index contributed by atoms with van der Waals surface area (Å²) in [6.07, 6.45) is -0.617. The van der Waals surface area contributed by atoms with Crippen molar-refractivity contribution in [3.05, 3.63) is 24.3 Å². The molecule has 1 atom stereocenters. The van der Waals surface area contributed by atoms with Crippen molar-refractivity contribution in [2.45, 2.75) is 11.0 Å². The molecular formula is C12H17N3O4S. The average molecular weight is 299 g/mol. The Balaban J connectivity index is 2.19. The molecule has 2 rings (SSSR count). The zero-order chi connectivity index (χ0) is 14.6. The molecule has 3 N–H and O–H groups in total. The second kappa shape index (κ2) is 6.31. The Labute approximate surface area is 117 Å². The summed E-state index contributed by atoms with van der Waals surface area (Å²) < 4.78 is 31.3. The van der Waals surface area contributed by atoms with Gasteiger partial charge in [0.1, 0.15) is 11.0 Å². The van der Waals surface area contributed by atoms with E-state index in [1.807, 2.05) is 0 Å². The Morgan fingerprint density at radius 1 is 1.40 bits per heavy atom. The number of hydrogen-bond donors (Lipinski definition) is 3. The number of carbonyl (C=O) groups excluding carboxylic acids is 1. The minimum atomic E-state index is -3.63. The van der Waals surface area contributed by atoms with Crippen molar-refractivity contribution in [1.29, 1.82) is 0 Å². The Bertz CT molecular complexity index is 582. The quantitative estimate of drug-likeness (QED) is 0.698. The van der Waals surface area contributed by atoms with E-state index in [-0.39, 0.29) is 16.5 Å². The number of sulfonamides is 1. The molecular weight excluding hydrogens is 282 g/mol. The van der Waals surface area contributed by atoms with E-state index in [0.717, 1.165) is 0 Å². The molecule has 1 aromatic rings. The summed E-state index contributed by atoms with van der Waals surface area (Å²) in [5.74, 6) is -0.365. The number of anilines is 1. The van der Waals surface area contributed by atoms with Gasteiger partial charge in [-0.15, -0.1) is 0 Å². The molecule has 1 fully saturated rings. The molecule has 7 nitrogen and oxygen atoms in total. The maximum atomic E-state index is 12.0. The third kappa shape index (κ3) is 3.34. The van der Waals surface area contributed by atoms with Crippen molar-refractivity contribution in [2.24, 2.45) is 0 Å². The first kappa shape index (κ1) is 14.9. The van der Waals surface area contributed by atoms with E-state index >= 15 is 0 Å². The lowest BCUT2D eigenvalue weighted by atomic mass is 10.2. The van der Waals surface area contributed by atoms with E-state index in [1.165, 1.54) is 13.1 Å². The topological polar surface area (TPSA) is 96.5 Å². The van der Waals surface area contributed by atoms with Crippen LogP contribution in [0.1, 0.15) is 0 Å². The molecule has 8 heteroatoms. The van der Waals surface area contributed by atoms with E-state index in [4.69, 9.17) is 4.74 Å². The van der Waals surface area contributed by atoms with Crippen LogP contribution >= 0.6 is 0 Å². The smallest absolute Gasteiger partial charge is 0.254 e. The van der Waals surface area contributed by atoms with Crippen molar-refractivity contribution in [3.8, 4) is 0 Å². The molecule has 0 aromatic heterocycles. The normalized spacial score (nSPS) is 19.6. The molecule has 1 heterocycles. The van der Waals surface area contributed by atoms with Gasteiger partial charge in [0.2, 0.25) is 10.0 Å². The fraction of sp³-hybridized carbons (Fsp3) is 0.417. The van der Waals surface area contributed by atoms with Crippen molar-refractivity contribution >= 4 is 21.6 Å². The van der Waals surface area contributed by atoms with Crippen molar-refractivity contribution in [3.63, 3.8) is 0 Å². The molecule has 0 radical (unpaired) electrons. The second-order valence-electron chi connectivity index (χ2n) is 4.26. The van der Waals surface area contributed by atoms with Crippen LogP contribution in [0.5, 0.6) is 0 Å². The molecule has 0 bridgehead atoms. The Kier molecular flexibility index (Phi) is 4.71. The van der Waals surface area contributed by atoms with E-state index in [2.05, 4.69) is 15.4 Å². The molecule has 0 aliphatic carbocycles. The van der Waals surface area contributed by atoms with Crippen LogP contribution in [0.4, 0.5) is 5.69 Å². The molecule has 0 saturated carbocycles. The first-order chi connectivity index (χ1) is 9.54. The molecule has 1 aliphatic heterocycles. The molecule has 20 heavy (non-hydrogen) atoms. The molecule has 1 amide bonds. The van der Waals surface area contributed by atoms with Crippen LogP contribution < -0.4 is 15.4 Å². The SMILES string of the molecule is CNS(=O)(=O)c1ccccc1NC(=O)C1CNCCO1. The number of carbonyl (C=O) groups is 1. The lowest BCUT2D eigenvalue weighted by Crippen LogP contribution is -2.45. The molecule has 1 aromatic carbocycles. The van der Waals surface area contributed by atoms with Gasteiger partial charge in [0.25, 0.3) is 5.91 Å². The predicted octanol–water partition coefficient (Wildman–Crippen LogP) is -0.478. The summed E-state index contributed by atoms with van der Waals surface area (Å²) in [6, 6.07) is 6.22. The molecule has 1 unspecified atom stereocenters. The Morgan fingerprint density at radius 2 is 2.15 bits per heavy atom. The number of para-hydroxylation sites is 1. The van der Waals surface area contributed by atoms with E-state index < -0.39 is 16.1 Å². The van der Waals surface area contributed by atoms with Crippen molar-refractivity contribution in [1.82, 2.24) is 10.0 Å².